The summed E-state index contributed by atoms with van der Waals surface area (Å²) >= 11 is 0. The van der Waals surface area contributed by atoms with E-state index < -0.39 is 0 Å². The number of nitrogens with one attached hydrogen (secondary N) is 1. The van der Waals surface area contributed by atoms with Crippen molar-refractivity contribution in [3.05, 3.63) is 106 Å². The molecule has 3 aromatic heterocycles. The number of carbonyl (C=O) groups is 1. The molecule has 3 heterocycles. The lowest BCUT2D eigenvalue weighted by Gasteiger charge is -2.22. The molecule has 0 fully saturated rings. The molecule has 4 rings (SSSR count). The van der Waals surface area contributed by atoms with Crippen molar-refractivity contribution in [2.24, 2.45) is 0 Å². The number of carbonyl (C=O) groups excluding carboxylic acids is 1. The Morgan fingerprint density at radius 1 is 0.929 bits per heavy atom. The van der Waals surface area contributed by atoms with E-state index in [0.29, 0.717) is 17.7 Å². The number of aromatic nitrogens is 3. The first kappa shape index (κ1) is 17.6. The Kier molecular flexibility index (Phi) is 4.93. The van der Waals surface area contributed by atoms with Gasteiger partial charge < -0.3 is 9.88 Å². The average molecular weight is 370 g/mol. The lowest BCUT2D eigenvalue weighted by atomic mass is 10.1. The Labute approximate surface area is 161 Å². The fourth-order valence-electron chi connectivity index (χ4n) is 3.10. The molecule has 138 valence electrons. The molecule has 6 nitrogen and oxygen atoms in total. The first-order valence-corrected chi connectivity index (χ1v) is 8.90. The van der Waals surface area contributed by atoms with Crippen LogP contribution in [0, 0.1) is 0 Å². The minimum absolute atomic E-state index is 0.183. The van der Waals surface area contributed by atoms with E-state index in [4.69, 9.17) is 0 Å². The van der Waals surface area contributed by atoms with E-state index in [1.54, 1.807) is 35.6 Å². The van der Waals surface area contributed by atoms with Crippen molar-refractivity contribution >= 4 is 16.8 Å². The maximum Gasteiger partial charge on any atom is 0.256 e. The van der Waals surface area contributed by atoms with E-state index in [-0.39, 0.29) is 18.0 Å². The van der Waals surface area contributed by atoms with Crippen LogP contribution in [0.4, 0.5) is 0 Å². The van der Waals surface area contributed by atoms with E-state index in [1.807, 2.05) is 42.5 Å². The normalized spacial score (nSPS) is 10.7. The van der Waals surface area contributed by atoms with Crippen molar-refractivity contribution in [1.29, 1.82) is 0 Å². The number of rotatable bonds is 5. The molecular formula is C22H18N4O2. The van der Waals surface area contributed by atoms with E-state index >= 15 is 0 Å². The molecule has 0 saturated carbocycles. The number of hydrogen-bond donors (Lipinski definition) is 1. The number of hydrogen-bond acceptors (Lipinski definition) is 4. The number of amides is 1. The highest BCUT2D eigenvalue weighted by Crippen LogP contribution is 2.15. The fraction of sp³-hybridized carbons (Fsp3) is 0.0909. The van der Waals surface area contributed by atoms with E-state index in [1.165, 1.54) is 6.20 Å². The van der Waals surface area contributed by atoms with Gasteiger partial charge in [-0.05, 0) is 41.3 Å². The fourth-order valence-corrected chi connectivity index (χ4v) is 3.10. The zero-order valence-corrected chi connectivity index (χ0v) is 15.1. The van der Waals surface area contributed by atoms with Gasteiger partial charge in [0.05, 0.1) is 12.1 Å². The predicted molar refractivity (Wildman–Crippen MR) is 107 cm³/mol. The molecule has 1 N–H and O–H groups in total. The highest BCUT2D eigenvalue weighted by Gasteiger charge is 2.18. The van der Waals surface area contributed by atoms with Gasteiger partial charge in [-0.3, -0.25) is 19.6 Å². The predicted octanol–water partition coefficient (Wildman–Crippen LogP) is 3.16. The molecule has 0 atom stereocenters. The van der Waals surface area contributed by atoms with Crippen molar-refractivity contribution in [2.45, 2.75) is 13.1 Å². The lowest BCUT2D eigenvalue weighted by molar-refractivity contribution is 0.0729. The zero-order valence-electron chi connectivity index (χ0n) is 15.1. The smallest absolute Gasteiger partial charge is 0.256 e. The van der Waals surface area contributed by atoms with Gasteiger partial charge in [0.25, 0.3) is 11.5 Å². The minimum atomic E-state index is -0.200. The summed E-state index contributed by atoms with van der Waals surface area (Å²) in [7, 11) is 0. The van der Waals surface area contributed by atoms with Gasteiger partial charge in [-0.15, -0.1) is 0 Å². The van der Waals surface area contributed by atoms with Crippen molar-refractivity contribution < 1.29 is 4.79 Å². The maximum absolute atomic E-state index is 13.1. The number of pyridine rings is 3. The molecule has 0 aliphatic heterocycles. The van der Waals surface area contributed by atoms with Crippen molar-refractivity contribution in [1.82, 2.24) is 19.9 Å². The van der Waals surface area contributed by atoms with Crippen LogP contribution < -0.4 is 5.56 Å². The molecule has 0 aliphatic rings. The van der Waals surface area contributed by atoms with E-state index in [2.05, 4.69) is 15.0 Å². The average Bonchev–Trinajstić information content (AvgIpc) is 2.74. The van der Waals surface area contributed by atoms with Crippen LogP contribution >= 0.6 is 0 Å². The Morgan fingerprint density at radius 2 is 1.71 bits per heavy atom. The van der Waals surface area contributed by atoms with Crippen molar-refractivity contribution in [3.63, 3.8) is 0 Å². The number of benzene rings is 1. The summed E-state index contributed by atoms with van der Waals surface area (Å²) in [4.78, 5) is 38.3. The Bertz CT molecular complexity index is 1160. The summed E-state index contributed by atoms with van der Waals surface area (Å²) in [6, 6.07) is 16.6. The third-order valence-electron chi connectivity index (χ3n) is 4.48. The second-order valence-electron chi connectivity index (χ2n) is 6.48. The molecule has 0 unspecified atom stereocenters. The van der Waals surface area contributed by atoms with Gasteiger partial charge in [0.2, 0.25) is 0 Å². The highest BCUT2D eigenvalue weighted by atomic mass is 16.2. The van der Waals surface area contributed by atoms with Crippen LogP contribution in [-0.2, 0) is 13.1 Å². The number of H-pyrrole nitrogens is 1. The SMILES string of the molecule is O=C(c1cccnc1)N(Cc1cccnc1)Cc1cc2ccccc2[nH]c1=O. The summed E-state index contributed by atoms with van der Waals surface area (Å²) in [5.74, 6) is -0.190. The molecule has 1 amide bonds. The minimum Gasteiger partial charge on any atom is -0.330 e. The maximum atomic E-state index is 13.1. The summed E-state index contributed by atoms with van der Waals surface area (Å²) in [5, 5.41) is 0.923. The van der Waals surface area contributed by atoms with Crippen LogP contribution in [0.25, 0.3) is 10.9 Å². The third kappa shape index (κ3) is 3.81. The van der Waals surface area contributed by atoms with Crippen LogP contribution in [0.3, 0.4) is 0 Å². The van der Waals surface area contributed by atoms with Crippen molar-refractivity contribution in [3.8, 4) is 0 Å². The summed E-state index contributed by atoms with van der Waals surface area (Å²) in [6.45, 7) is 0.524. The van der Waals surface area contributed by atoms with Crippen LogP contribution in [0.15, 0.2) is 84.2 Å². The molecule has 1 aromatic carbocycles. The summed E-state index contributed by atoms with van der Waals surface area (Å²) in [5.41, 5.74) is 2.46. The van der Waals surface area contributed by atoms with Crippen LogP contribution in [0.1, 0.15) is 21.5 Å². The first-order chi connectivity index (χ1) is 13.7. The second kappa shape index (κ2) is 7.84. The molecule has 0 saturated heterocycles. The van der Waals surface area contributed by atoms with E-state index in [0.717, 1.165) is 16.5 Å². The quantitative estimate of drug-likeness (QED) is 0.585. The van der Waals surface area contributed by atoms with E-state index in [9.17, 15) is 9.59 Å². The topological polar surface area (TPSA) is 79.0 Å². The van der Waals surface area contributed by atoms with Gasteiger partial charge in [-0.25, -0.2) is 0 Å². The van der Waals surface area contributed by atoms with Crippen LogP contribution in [0.5, 0.6) is 0 Å². The molecule has 4 aromatic rings. The molecule has 6 heteroatoms. The van der Waals surface area contributed by atoms with Crippen LogP contribution in [-0.4, -0.2) is 25.8 Å². The lowest BCUT2D eigenvalue weighted by Crippen LogP contribution is -2.32. The summed E-state index contributed by atoms with van der Waals surface area (Å²) in [6.07, 6.45) is 6.55. The van der Waals surface area contributed by atoms with Crippen molar-refractivity contribution in [2.75, 3.05) is 0 Å². The Balaban J connectivity index is 1.70. The third-order valence-corrected chi connectivity index (χ3v) is 4.48. The molecule has 28 heavy (non-hydrogen) atoms. The molecule has 0 spiro atoms. The molecule has 0 radical (unpaired) electrons. The number of fused-ring (bicyclic) bond motifs is 1. The number of aromatic amines is 1. The molecule has 0 bridgehead atoms. The van der Waals surface area contributed by atoms with Gasteiger partial charge in [-0.2, -0.15) is 0 Å². The zero-order chi connectivity index (χ0) is 19.3. The monoisotopic (exact) mass is 370 g/mol. The van der Waals surface area contributed by atoms with Gasteiger partial charge in [0, 0.05) is 42.4 Å². The largest absolute Gasteiger partial charge is 0.330 e. The first-order valence-electron chi connectivity index (χ1n) is 8.90. The van der Waals surface area contributed by atoms with Gasteiger partial charge in [0.1, 0.15) is 0 Å². The molecular weight excluding hydrogens is 352 g/mol. The molecule has 0 aliphatic carbocycles. The number of para-hydroxylation sites is 1. The summed E-state index contributed by atoms with van der Waals surface area (Å²) < 4.78 is 0. The second-order valence-corrected chi connectivity index (χ2v) is 6.48. The standard InChI is InChI=1S/C22H18N4O2/c27-21-19(11-17-6-1-2-8-20(17)25-21)15-26(14-16-5-3-9-23-12-16)22(28)18-7-4-10-24-13-18/h1-13H,14-15H2,(H,25,27). The van der Waals surface area contributed by atoms with Gasteiger partial charge in [-0.1, -0.05) is 24.3 Å². The van der Waals surface area contributed by atoms with Crippen LogP contribution in [0.2, 0.25) is 0 Å². The Morgan fingerprint density at radius 3 is 2.46 bits per heavy atom. The van der Waals surface area contributed by atoms with Gasteiger partial charge in [0.15, 0.2) is 0 Å². The highest BCUT2D eigenvalue weighted by molar-refractivity contribution is 5.93. The Hall–Kier alpha value is -3.80. The number of nitrogens with zero attached hydrogens (tertiary/aromatic N) is 3. The van der Waals surface area contributed by atoms with Gasteiger partial charge >= 0.3 is 0 Å².